The summed E-state index contributed by atoms with van der Waals surface area (Å²) in [6.07, 6.45) is 0. The van der Waals surface area contributed by atoms with E-state index in [1.165, 1.54) is 0 Å². The van der Waals surface area contributed by atoms with Crippen LogP contribution in [-0.2, 0) is 4.74 Å². The third kappa shape index (κ3) is 3.25. The molecule has 0 aromatic carbocycles. The molecule has 0 amide bonds. The van der Waals surface area contributed by atoms with Crippen molar-refractivity contribution in [3.05, 3.63) is 0 Å². The Morgan fingerprint density at radius 2 is 1.64 bits per heavy atom. The van der Waals surface area contributed by atoms with Crippen LogP contribution in [0.2, 0.25) is 0 Å². The first kappa shape index (κ1) is 13.9. The number of nitrogens with one attached hydrogen (secondary N) is 1. The molecule has 0 spiro atoms. The molecule has 1 N–H and O–H groups in total. The molecule has 0 aromatic rings. The predicted molar refractivity (Wildman–Crippen MR) is 62.5 cm³/mol. The standard InChI is InChI=1S/C12H27NO/c1-7-13-8-12(9-14-6,10(2)3)11(4)5/h10-11,13H,7-9H2,1-6H3. The third-order valence-corrected chi connectivity index (χ3v) is 3.42. The number of hydrogen-bond donors (Lipinski definition) is 1. The zero-order valence-corrected chi connectivity index (χ0v) is 10.7. The van der Waals surface area contributed by atoms with Crippen molar-refractivity contribution in [3.63, 3.8) is 0 Å². The number of hydrogen-bond acceptors (Lipinski definition) is 2. The first-order chi connectivity index (χ1) is 6.51. The Hall–Kier alpha value is -0.0800. The summed E-state index contributed by atoms with van der Waals surface area (Å²) in [6.45, 7) is 14.2. The quantitative estimate of drug-likeness (QED) is 0.683. The number of ether oxygens (including phenoxy) is 1. The van der Waals surface area contributed by atoms with E-state index >= 15 is 0 Å². The van der Waals surface area contributed by atoms with Crippen LogP contribution >= 0.6 is 0 Å². The van der Waals surface area contributed by atoms with Crippen LogP contribution in [0.3, 0.4) is 0 Å². The molecule has 0 aliphatic rings. The average Bonchev–Trinajstić information content (AvgIpc) is 2.11. The Kier molecular flexibility index (Phi) is 6.38. The van der Waals surface area contributed by atoms with Crippen LogP contribution in [-0.4, -0.2) is 26.8 Å². The molecule has 0 fully saturated rings. The lowest BCUT2D eigenvalue weighted by Crippen LogP contribution is -2.46. The minimum Gasteiger partial charge on any atom is -0.384 e. The summed E-state index contributed by atoms with van der Waals surface area (Å²) >= 11 is 0. The highest BCUT2D eigenvalue weighted by Crippen LogP contribution is 2.35. The molecule has 0 radical (unpaired) electrons. The maximum atomic E-state index is 5.39. The highest BCUT2D eigenvalue weighted by Gasteiger charge is 2.36. The zero-order valence-electron chi connectivity index (χ0n) is 10.7. The van der Waals surface area contributed by atoms with Gasteiger partial charge in [-0.1, -0.05) is 34.6 Å². The van der Waals surface area contributed by atoms with Crippen molar-refractivity contribution < 1.29 is 4.74 Å². The van der Waals surface area contributed by atoms with Crippen molar-refractivity contribution in [2.45, 2.75) is 34.6 Å². The van der Waals surface area contributed by atoms with Gasteiger partial charge in [-0.2, -0.15) is 0 Å². The van der Waals surface area contributed by atoms with E-state index in [-0.39, 0.29) is 5.41 Å². The van der Waals surface area contributed by atoms with Crippen molar-refractivity contribution in [2.24, 2.45) is 17.3 Å². The van der Waals surface area contributed by atoms with E-state index in [4.69, 9.17) is 4.74 Å². The highest BCUT2D eigenvalue weighted by atomic mass is 16.5. The number of methoxy groups -OCH3 is 1. The summed E-state index contributed by atoms with van der Waals surface area (Å²) in [5.74, 6) is 1.28. The SMILES string of the molecule is CCNCC(COC)(C(C)C)C(C)C. The summed E-state index contributed by atoms with van der Waals surface area (Å²) in [6, 6.07) is 0. The Bertz CT molecular complexity index is 135. The van der Waals surface area contributed by atoms with Crippen LogP contribution in [0, 0.1) is 17.3 Å². The lowest BCUT2D eigenvalue weighted by atomic mass is 9.69. The van der Waals surface area contributed by atoms with Gasteiger partial charge in [0.25, 0.3) is 0 Å². The maximum absolute atomic E-state index is 5.39. The fourth-order valence-electron chi connectivity index (χ4n) is 2.09. The zero-order chi connectivity index (χ0) is 11.2. The van der Waals surface area contributed by atoms with Crippen molar-refractivity contribution >= 4 is 0 Å². The molecule has 0 bridgehead atoms. The molecular weight excluding hydrogens is 174 g/mol. The van der Waals surface area contributed by atoms with Crippen molar-refractivity contribution in [3.8, 4) is 0 Å². The first-order valence-electron chi connectivity index (χ1n) is 5.70. The molecule has 0 rings (SSSR count). The minimum atomic E-state index is 0.269. The molecule has 2 heteroatoms. The van der Waals surface area contributed by atoms with Crippen LogP contribution < -0.4 is 5.32 Å². The molecule has 0 unspecified atom stereocenters. The van der Waals surface area contributed by atoms with Gasteiger partial charge in [-0.05, 0) is 18.4 Å². The molecule has 0 aliphatic carbocycles. The predicted octanol–water partition coefficient (Wildman–Crippen LogP) is 2.54. The first-order valence-corrected chi connectivity index (χ1v) is 5.70. The minimum absolute atomic E-state index is 0.269. The Morgan fingerprint density at radius 1 is 1.14 bits per heavy atom. The summed E-state index contributed by atoms with van der Waals surface area (Å²) in [7, 11) is 1.80. The van der Waals surface area contributed by atoms with Gasteiger partial charge in [-0.3, -0.25) is 0 Å². The molecular formula is C12H27NO. The van der Waals surface area contributed by atoms with Crippen LogP contribution in [0.5, 0.6) is 0 Å². The Labute approximate surface area is 89.4 Å². The topological polar surface area (TPSA) is 21.3 Å². The van der Waals surface area contributed by atoms with E-state index < -0.39 is 0 Å². The molecule has 0 heterocycles. The van der Waals surface area contributed by atoms with Crippen molar-refractivity contribution in [1.29, 1.82) is 0 Å². The van der Waals surface area contributed by atoms with Gasteiger partial charge in [0.1, 0.15) is 0 Å². The molecule has 0 aliphatic heterocycles. The van der Waals surface area contributed by atoms with Crippen LogP contribution in [0.4, 0.5) is 0 Å². The molecule has 2 nitrogen and oxygen atoms in total. The van der Waals surface area contributed by atoms with Gasteiger partial charge in [0.05, 0.1) is 6.61 Å². The fourth-order valence-corrected chi connectivity index (χ4v) is 2.09. The van der Waals surface area contributed by atoms with Crippen LogP contribution in [0.25, 0.3) is 0 Å². The normalized spacial score (nSPS) is 12.9. The van der Waals surface area contributed by atoms with Crippen LogP contribution in [0.1, 0.15) is 34.6 Å². The van der Waals surface area contributed by atoms with Gasteiger partial charge < -0.3 is 10.1 Å². The van der Waals surface area contributed by atoms with Gasteiger partial charge in [-0.25, -0.2) is 0 Å². The van der Waals surface area contributed by atoms with Gasteiger partial charge in [0.2, 0.25) is 0 Å². The van der Waals surface area contributed by atoms with Crippen molar-refractivity contribution in [1.82, 2.24) is 5.32 Å². The van der Waals surface area contributed by atoms with Gasteiger partial charge in [0, 0.05) is 19.1 Å². The lowest BCUT2D eigenvalue weighted by molar-refractivity contribution is 0.00597. The number of rotatable bonds is 7. The second kappa shape index (κ2) is 6.41. The Balaban J connectivity index is 4.56. The Morgan fingerprint density at radius 3 is 1.93 bits per heavy atom. The van der Waals surface area contributed by atoms with Crippen LogP contribution in [0.15, 0.2) is 0 Å². The maximum Gasteiger partial charge on any atom is 0.0535 e. The molecule has 0 aromatic heterocycles. The van der Waals surface area contributed by atoms with E-state index in [0.29, 0.717) is 11.8 Å². The summed E-state index contributed by atoms with van der Waals surface area (Å²) in [4.78, 5) is 0. The molecule has 86 valence electrons. The van der Waals surface area contributed by atoms with E-state index in [0.717, 1.165) is 19.7 Å². The van der Waals surface area contributed by atoms with E-state index in [1.807, 2.05) is 0 Å². The van der Waals surface area contributed by atoms with Gasteiger partial charge in [-0.15, -0.1) is 0 Å². The highest BCUT2D eigenvalue weighted by molar-refractivity contribution is 4.87. The molecule has 0 saturated carbocycles. The third-order valence-electron chi connectivity index (χ3n) is 3.42. The lowest BCUT2D eigenvalue weighted by Gasteiger charge is -2.41. The van der Waals surface area contributed by atoms with E-state index in [1.54, 1.807) is 7.11 Å². The smallest absolute Gasteiger partial charge is 0.0535 e. The molecule has 14 heavy (non-hydrogen) atoms. The monoisotopic (exact) mass is 201 g/mol. The fraction of sp³-hybridized carbons (Fsp3) is 1.00. The van der Waals surface area contributed by atoms with Gasteiger partial charge >= 0.3 is 0 Å². The summed E-state index contributed by atoms with van der Waals surface area (Å²) in [5.41, 5.74) is 0.269. The summed E-state index contributed by atoms with van der Waals surface area (Å²) in [5, 5.41) is 3.46. The average molecular weight is 201 g/mol. The second-order valence-corrected chi connectivity index (χ2v) is 4.76. The molecule has 0 atom stereocenters. The van der Waals surface area contributed by atoms with Gasteiger partial charge in [0.15, 0.2) is 0 Å². The summed E-state index contributed by atoms with van der Waals surface area (Å²) < 4.78 is 5.39. The van der Waals surface area contributed by atoms with E-state index in [2.05, 4.69) is 39.9 Å². The molecule has 0 saturated heterocycles. The largest absolute Gasteiger partial charge is 0.384 e. The van der Waals surface area contributed by atoms with Crippen molar-refractivity contribution in [2.75, 3.05) is 26.8 Å². The second-order valence-electron chi connectivity index (χ2n) is 4.76. The van der Waals surface area contributed by atoms with E-state index in [9.17, 15) is 0 Å².